The van der Waals surface area contributed by atoms with Gasteiger partial charge in [0.15, 0.2) is 5.75 Å². The van der Waals surface area contributed by atoms with Crippen LogP contribution in [0.5, 0.6) is 5.75 Å². The Morgan fingerprint density at radius 3 is 2.65 bits per heavy atom. The number of halogens is 4. The fourth-order valence-electron chi connectivity index (χ4n) is 1.61. The lowest BCUT2D eigenvalue weighted by Crippen LogP contribution is -2.18. The lowest BCUT2D eigenvalue weighted by atomic mass is 10.2. The molecule has 0 aliphatic rings. The fraction of sp³-hybridized carbons (Fsp3) is 0.231. The van der Waals surface area contributed by atoms with Crippen molar-refractivity contribution < 1.29 is 22.3 Å². The van der Waals surface area contributed by atoms with Crippen LogP contribution in [0.4, 0.5) is 18.9 Å². The van der Waals surface area contributed by atoms with Gasteiger partial charge < -0.3 is 14.5 Å². The molecule has 0 atom stereocenters. The molecule has 7 heteroatoms. The van der Waals surface area contributed by atoms with E-state index in [0.717, 1.165) is 5.56 Å². The van der Waals surface area contributed by atoms with E-state index in [1.807, 2.05) is 6.92 Å². The zero-order valence-electron chi connectivity index (χ0n) is 10.4. The molecule has 3 nitrogen and oxygen atoms in total. The largest absolute Gasteiger partial charge is 0.573 e. The van der Waals surface area contributed by atoms with Crippen LogP contribution < -0.4 is 10.1 Å². The molecular weight excluding hydrogens is 339 g/mol. The van der Waals surface area contributed by atoms with Crippen molar-refractivity contribution in [2.24, 2.45) is 0 Å². The lowest BCUT2D eigenvalue weighted by molar-refractivity contribution is -0.274. The summed E-state index contributed by atoms with van der Waals surface area (Å²) in [5.74, 6) is 0.363. The van der Waals surface area contributed by atoms with Gasteiger partial charge in [0.05, 0.1) is 18.5 Å². The van der Waals surface area contributed by atoms with Gasteiger partial charge in [-0.15, -0.1) is 13.2 Å². The second kappa shape index (κ2) is 5.78. The van der Waals surface area contributed by atoms with Crippen molar-refractivity contribution in [1.29, 1.82) is 0 Å². The summed E-state index contributed by atoms with van der Waals surface area (Å²) in [6, 6.07) is 6.17. The van der Waals surface area contributed by atoms with Gasteiger partial charge >= 0.3 is 6.36 Å². The van der Waals surface area contributed by atoms with Crippen LogP contribution in [0.2, 0.25) is 0 Å². The molecule has 0 spiro atoms. The van der Waals surface area contributed by atoms with Gasteiger partial charge in [-0.1, -0.05) is 15.9 Å². The van der Waals surface area contributed by atoms with Crippen LogP contribution in [0.3, 0.4) is 0 Å². The van der Waals surface area contributed by atoms with Crippen molar-refractivity contribution in [3.63, 3.8) is 0 Å². The second-order valence-corrected chi connectivity index (χ2v) is 4.98. The first-order valence-corrected chi connectivity index (χ1v) is 6.46. The molecule has 20 heavy (non-hydrogen) atoms. The third-order valence-electron chi connectivity index (χ3n) is 2.58. The topological polar surface area (TPSA) is 34.4 Å². The molecule has 1 heterocycles. The van der Waals surface area contributed by atoms with Crippen molar-refractivity contribution in [3.05, 3.63) is 46.3 Å². The highest BCUT2D eigenvalue weighted by Gasteiger charge is 2.32. The number of aryl methyl sites for hydroxylation is 1. The monoisotopic (exact) mass is 349 g/mol. The van der Waals surface area contributed by atoms with Gasteiger partial charge in [0.1, 0.15) is 5.76 Å². The maximum atomic E-state index is 12.3. The summed E-state index contributed by atoms with van der Waals surface area (Å²) in [6.07, 6.45) is -3.21. The zero-order chi connectivity index (χ0) is 14.8. The van der Waals surface area contributed by atoms with Crippen molar-refractivity contribution in [2.45, 2.75) is 19.8 Å². The maximum absolute atomic E-state index is 12.3. The van der Waals surface area contributed by atoms with Crippen molar-refractivity contribution in [1.82, 2.24) is 0 Å². The van der Waals surface area contributed by atoms with E-state index < -0.39 is 6.36 Å². The SMILES string of the molecule is Cc1ccoc1CNc1ccc(Br)cc1OC(F)(F)F. The molecule has 0 amide bonds. The molecule has 0 aliphatic heterocycles. The first-order chi connectivity index (χ1) is 9.35. The number of nitrogens with one attached hydrogen (secondary N) is 1. The van der Waals surface area contributed by atoms with E-state index in [1.165, 1.54) is 18.4 Å². The van der Waals surface area contributed by atoms with Crippen molar-refractivity contribution in [3.8, 4) is 5.75 Å². The van der Waals surface area contributed by atoms with E-state index in [9.17, 15) is 13.2 Å². The minimum absolute atomic E-state index is 0.237. The Morgan fingerprint density at radius 1 is 1.30 bits per heavy atom. The molecule has 1 N–H and O–H groups in total. The number of furan rings is 1. The number of hydrogen-bond acceptors (Lipinski definition) is 3. The number of rotatable bonds is 4. The summed E-state index contributed by atoms with van der Waals surface area (Å²) in [5.41, 5.74) is 1.16. The zero-order valence-corrected chi connectivity index (χ0v) is 12.0. The van der Waals surface area contributed by atoms with Crippen LogP contribution in [0.15, 0.2) is 39.4 Å². The Hall–Kier alpha value is -1.63. The molecular formula is C13H11BrF3NO2. The van der Waals surface area contributed by atoms with Gasteiger partial charge in [-0.3, -0.25) is 0 Å². The van der Waals surface area contributed by atoms with Crippen LogP contribution >= 0.6 is 15.9 Å². The van der Waals surface area contributed by atoms with Crippen LogP contribution in [0, 0.1) is 6.92 Å². The highest BCUT2D eigenvalue weighted by Crippen LogP contribution is 2.33. The molecule has 0 bridgehead atoms. The Balaban J connectivity index is 2.16. The number of anilines is 1. The van der Waals surface area contributed by atoms with Crippen LogP contribution in [-0.4, -0.2) is 6.36 Å². The lowest BCUT2D eigenvalue weighted by Gasteiger charge is -2.14. The number of hydrogen-bond donors (Lipinski definition) is 1. The quantitative estimate of drug-likeness (QED) is 0.855. The molecule has 0 radical (unpaired) electrons. The molecule has 2 aromatic rings. The van der Waals surface area contributed by atoms with Crippen LogP contribution in [0.1, 0.15) is 11.3 Å². The predicted octanol–water partition coefficient (Wildman–Crippen LogP) is 4.86. The van der Waals surface area contributed by atoms with Gasteiger partial charge in [0.25, 0.3) is 0 Å². The molecule has 0 unspecified atom stereocenters. The van der Waals surface area contributed by atoms with E-state index in [0.29, 0.717) is 10.2 Å². The average Bonchev–Trinajstić information content (AvgIpc) is 2.72. The normalized spacial score (nSPS) is 11.4. The smallest absolute Gasteiger partial charge is 0.467 e. The molecule has 2 rings (SSSR count). The minimum atomic E-state index is -4.74. The minimum Gasteiger partial charge on any atom is -0.467 e. The number of alkyl halides is 3. The summed E-state index contributed by atoms with van der Waals surface area (Å²) >= 11 is 3.11. The van der Waals surface area contributed by atoms with E-state index >= 15 is 0 Å². The fourth-order valence-corrected chi connectivity index (χ4v) is 1.95. The van der Waals surface area contributed by atoms with Crippen molar-refractivity contribution in [2.75, 3.05) is 5.32 Å². The molecule has 1 aromatic carbocycles. The third-order valence-corrected chi connectivity index (χ3v) is 3.07. The summed E-state index contributed by atoms with van der Waals surface area (Å²) in [4.78, 5) is 0. The summed E-state index contributed by atoms with van der Waals surface area (Å²) in [7, 11) is 0. The van der Waals surface area contributed by atoms with E-state index in [4.69, 9.17) is 4.42 Å². The highest BCUT2D eigenvalue weighted by atomic mass is 79.9. The number of ether oxygens (including phenoxy) is 1. The van der Waals surface area contributed by atoms with E-state index in [-0.39, 0.29) is 18.0 Å². The van der Waals surface area contributed by atoms with Gasteiger partial charge in [0, 0.05) is 4.47 Å². The van der Waals surface area contributed by atoms with Gasteiger partial charge in [-0.2, -0.15) is 0 Å². The Kier molecular flexibility index (Phi) is 4.27. The van der Waals surface area contributed by atoms with Gasteiger partial charge in [-0.25, -0.2) is 0 Å². The summed E-state index contributed by atoms with van der Waals surface area (Å²) < 4.78 is 46.7. The predicted molar refractivity (Wildman–Crippen MR) is 71.6 cm³/mol. The first-order valence-electron chi connectivity index (χ1n) is 5.67. The molecule has 0 saturated carbocycles. The molecule has 1 aromatic heterocycles. The summed E-state index contributed by atoms with van der Waals surface area (Å²) in [5, 5.41) is 2.87. The average molecular weight is 350 g/mol. The number of benzene rings is 1. The second-order valence-electron chi connectivity index (χ2n) is 4.07. The van der Waals surface area contributed by atoms with Crippen LogP contribution in [-0.2, 0) is 6.54 Å². The standard InChI is InChI=1S/C13H11BrF3NO2/c1-8-4-5-19-12(8)7-18-10-3-2-9(14)6-11(10)20-13(15,16)17/h2-6,18H,7H2,1H3. The van der Waals surface area contributed by atoms with Crippen LogP contribution in [0.25, 0.3) is 0 Å². The van der Waals surface area contributed by atoms with E-state index in [2.05, 4.69) is 26.0 Å². The molecule has 0 saturated heterocycles. The Labute approximate surface area is 121 Å². The Bertz CT molecular complexity index is 596. The van der Waals surface area contributed by atoms with Crippen molar-refractivity contribution >= 4 is 21.6 Å². The molecule has 0 aliphatic carbocycles. The van der Waals surface area contributed by atoms with Gasteiger partial charge in [-0.05, 0) is 36.8 Å². The Morgan fingerprint density at radius 2 is 2.05 bits per heavy atom. The van der Waals surface area contributed by atoms with Gasteiger partial charge in [0.2, 0.25) is 0 Å². The maximum Gasteiger partial charge on any atom is 0.573 e. The van der Waals surface area contributed by atoms with E-state index in [1.54, 1.807) is 12.1 Å². The first kappa shape index (κ1) is 14.8. The molecule has 108 valence electrons. The molecule has 0 fully saturated rings. The summed E-state index contributed by atoms with van der Waals surface area (Å²) in [6.45, 7) is 2.13. The third kappa shape index (κ3) is 3.93. The highest BCUT2D eigenvalue weighted by molar-refractivity contribution is 9.10.